The fourth-order valence-corrected chi connectivity index (χ4v) is 0.824. The molecule has 2 rings (SSSR count). The molecule has 2 heterocycles. The van der Waals surface area contributed by atoms with Crippen LogP contribution in [0.25, 0.3) is 0 Å². The maximum Gasteiger partial charge on any atom is 0.229 e. The van der Waals surface area contributed by atoms with E-state index in [1.165, 1.54) is 0 Å². The topological polar surface area (TPSA) is 51.0 Å². The lowest BCUT2D eigenvalue weighted by Gasteiger charge is -1.97. The molecule has 0 amide bonds. The summed E-state index contributed by atoms with van der Waals surface area (Å²) >= 11 is 0. The van der Waals surface area contributed by atoms with E-state index in [2.05, 4.69) is 15.3 Å². The minimum atomic E-state index is 0.535. The number of nitrogens with zero attached hydrogens (tertiary/aromatic N) is 2. The number of anilines is 2. The van der Waals surface area contributed by atoms with E-state index in [9.17, 15) is 0 Å². The Kier molecular flexibility index (Phi) is 1.74. The molecule has 4 heteroatoms. The number of furan rings is 1. The maximum atomic E-state index is 5.05. The van der Waals surface area contributed by atoms with Crippen LogP contribution in [0.3, 0.4) is 0 Å². The molecule has 12 heavy (non-hydrogen) atoms. The van der Waals surface area contributed by atoms with Crippen molar-refractivity contribution in [3.8, 4) is 0 Å². The highest BCUT2D eigenvalue weighted by Gasteiger charge is 1.95. The van der Waals surface area contributed by atoms with E-state index in [-0.39, 0.29) is 0 Å². The summed E-state index contributed by atoms with van der Waals surface area (Å²) in [7, 11) is 0. The second-order valence-corrected chi connectivity index (χ2v) is 2.17. The molecule has 2 aromatic rings. The van der Waals surface area contributed by atoms with Crippen LogP contribution in [0, 0.1) is 0 Å². The lowest BCUT2D eigenvalue weighted by molar-refractivity contribution is 0.584. The zero-order valence-corrected chi connectivity index (χ0v) is 6.27. The van der Waals surface area contributed by atoms with Crippen LogP contribution in [-0.2, 0) is 0 Å². The smallest absolute Gasteiger partial charge is 0.229 e. The average molecular weight is 161 g/mol. The van der Waals surface area contributed by atoms with Gasteiger partial charge in [-0.3, -0.25) is 5.32 Å². The van der Waals surface area contributed by atoms with Crippen molar-refractivity contribution in [3.05, 3.63) is 36.9 Å². The fraction of sp³-hybridized carbons (Fsp3) is 0. The fourth-order valence-electron chi connectivity index (χ4n) is 0.824. The first-order chi connectivity index (χ1) is 5.95. The first-order valence-electron chi connectivity index (χ1n) is 3.53. The van der Waals surface area contributed by atoms with Crippen molar-refractivity contribution in [3.63, 3.8) is 0 Å². The van der Waals surface area contributed by atoms with E-state index in [1.807, 2.05) is 0 Å². The first kappa shape index (κ1) is 6.84. The Bertz CT molecular complexity index is 330. The van der Waals surface area contributed by atoms with Gasteiger partial charge in [0.1, 0.15) is 0 Å². The molecule has 4 nitrogen and oxygen atoms in total. The Balaban J connectivity index is 2.15. The minimum Gasteiger partial charge on any atom is -0.449 e. The van der Waals surface area contributed by atoms with Gasteiger partial charge in [0, 0.05) is 18.5 Å². The SMILES string of the molecule is c1cnc(Nc2ccco2)nc1. The normalized spacial score (nSPS) is 9.67. The average Bonchev–Trinajstić information content (AvgIpc) is 2.59. The van der Waals surface area contributed by atoms with Gasteiger partial charge in [-0.15, -0.1) is 0 Å². The molecule has 0 fully saturated rings. The first-order valence-corrected chi connectivity index (χ1v) is 3.53. The number of nitrogens with one attached hydrogen (secondary N) is 1. The summed E-state index contributed by atoms with van der Waals surface area (Å²) in [6.07, 6.45) is 4.92. The largest absolute Gasteiger partial charge is 0.449 e. The molecule has 0 aliphatic carbocycles. The van der Waals surface area contributed by atoms with E-state index in [0.29, 0.717) is 11.8 Å². The second kappa shape index (κ2) is 3.04. The molecule has 0 spiro atoms. The van der Waals surface area contributed by atoms with Crippen molar-refractivity contribution >= 4 is 11.8 Å². The van der Waals surface area contributed by atoms with E-state index in [0.717, 1.165) is 0 Å². The van der Waals surface area contributed by atoms with E-state index >= 15 is 0 Å². The molecular formula is C8H7N3O. The zero-order chi connectivity index (χ0) is 8.23. The van der Waals surface area contributed by atoms with E-state index in [4.69, 9.17) is 4.42 Å². The number of hydrogen-bond donors (Lipinski definition) is 1. The number of rotatable bonds is 2. The van der Waals surface area contributed by atoms with Gasteiger partial charge in [-0.25, -0.2) is 9.97 Å². The van der Waals surface area contributed by atoms with Gasteiger partial charge in [0.05, 0.1) is 6.26 Å². The summed E-state index contributed by atoms with van der Waals surface area (Å²) in [5.74, 6) is 1.17. The van der Waals surface area contributed by atoms with Crippen LogP contribution in [-0.4, -0.2) is 9.97 Å². The predicted molar refractivity (Wildman–Crippen MR) is 44.0 cm³/mol. The van der Waals surface area contributed by atoms with Crippen LogP contribution >= 0.6 is 0 Å². The number of hydrogen-bond acceptors (Lipinski definition) is 4. The predicted octanol–water partition coefficient (Wildman–Crippen LogP) is 1.81. The van der Waals surface area contributed by atoms with Gasteiger partial charge in [-0.1, -0.05) is 0 Å². The van der Waals surface area contributed by atoms with Crippen molar-refractivity contribution in [2.45, 2.75) is 0 Å². The summed E-state index contributed by atoms with van der Waals surface area (Å²) in [5.41, 5.74) is 0. The molecule has 0 bridgehead atoms. The molecule has 60 valence electrons. The van der Waals surface area contributed by atoms with E-state index in [1.54, 1.807) is 36.9 Å². The van der Waals surface area contributed by atoms with Gasteiger partial charge in [-0.05, 0) is 12.1 Å². The lowest BCUT2D eigenvalue weighted by Crippen LogP contribution is -1.93. The van der Waals surface area contributed by atoms with E-state index < -0.39 is 0 Å². The lowest BCUT2D eigenvalue weighted by atomic mass is 10.6. The van der Waals surface area contributed by atoms with Crippen LogP contribution in [0.2, 0.25) is 0 Å². The zero-order valence-electron chi connectivity index (χ0n) is 6.27. The van der Waals surface area contributed by atoms with Crippen molar-refractivity contribution in [2.24, 2.45) is 0 Å². The van der Waals surface area contributed by atoms with Crippen molar-refractivity contribution in [1.29, 1.82) is 0 Å². The maximum absolute atomic E-state index is 5.05. The van der Waals surface area contributed by atoms with Crippen molar-refractivity contribution in [1.82, 2.24) is 9.97 Å². The molecule has 0 saturated carbocycles. The number of aromatic nitrogens is 2. The third kappa shape index (κ3) is 1.42. The summed E-state index contributed by atoms with van der Waals surface area (Å²) in [6, 6.07) is 5.36. The van der Waals surface area contributed by atoms with Gasteiger partial charge < -0.3 is 4.42 Å². The highest BCUT2D eigenvalue weighted by Crippen LogP contribution is 2.10. The summed E-state index contributed by atoms with van der Waals surface area (Å²) in [6.45, 7) is 0. The quantitative estimate of drug-likeness (QED) is 0.729. The molecule has 0 aromatic carbocycles. The van der Waals surface area contributed by atoms with Gasteiger partial charge >= 0.3 is 0 Å². The molecule has 0 saturated heterocycles. The van der Waals surface area contributed by atoms with Gasteiger partial charge in [-0.2, -0.15) is 0 Å². The molecule has 0 unspecified atom stereocenters. The van der Waals surface area contributed by atoms with Crippen LogP contribution in [0.5, 0.6) is 0 Å². The Labute approximate surface area is 69.3 Å². The van der Waals surface area contributed by atoms with Crippen LogP contribution < -0.4 is 5.32 Å². The summed E-state index contributed by atoms with van der Waals surface area (Å²) < 4.78 is 5.05. The third-order valence-corrected chi connectivity index (χ3v) is 1.32. The van der Waals surface area contributed by atoms with Gasteiger partial charge in [0.25, 0.3) is 0 Å². The Morgan fingerprint density at radius 2 is 2.00 bits per heavy atom. The molecule has 2 aromatic heterocycles. The third-order valence-electron chi connectivity index (χ3n) is 1.32. The molecule has 0 aliphatic heterocycles. The van der Waals surface area contributed by atoms with Crippen LogP contribution in [0.4, 0.5) is 11.8 Å². The second-order valence-electron chi connectivity index (χ2n) is 2.17. The van der Waals surface area contributed by atoms with Crippen molar-refractivity contribution < 1.29 is 4.42 Å². The molecular weight excluding hydrogens is 154 g/mol. The Morgan fingerprint density at radius 3 is 2.67 bits per heavy atom. The van der Waals surface area contributed by atoms with Gasteiger partial charge in [0.15, 0.2) is 5.88 Å². The van der Waals surface area contributed by atoms with Crippen LogP contribution in [0.15, 0.2) is 41.3 Å². The molecule has 0 aliphatic rings. The van der Waals surface area contributed by atoms with Crippen LogP contribution in [0.1, 0.15) is 0 Å². The Morgan fingerprint density at radius 1 is 1.17 bits per heavy atom. The minimum absolute atomic E-state index is 0.535. The monoisotopic (exact) mass is 161 g/mol. The summed E-state index contributed by atoms with van der Waals surface area (Å²) in [4.78, 5) is 7.94. The summed E-state index contributed by atoms with van der Waals surface area (Å²) in [5, 5.41) is 2.90. The molecule has 0 radical (unpaired) electrons. The van der Waals surface area contributed by atoms with Gasteiger partial charge in [0.2, 0.25) is 5.95 Å². The standard InChI is InChI=1S/C8H7N3O/c1-3-7(12-6-1)11-8-9-4-2-5-10-8/h1-6H,(H,9,10,11). The Hall–Kier alpha value is -1.84. The highest BCUT2D eigenvalue weighted by atomic mass is 16.3. The molecule has 0 atom stereocenters. The van der Waals surface area contributed by atoms with Crippen molar-refractivity contribution in [2.75, 3.05) is 5.32 Å². The molecule has 1 N–H and O–H groups in total. The highest BCUT2D eigenvalue weighted by molar-refractivity contribution is 5.43.